The highest BCUT2D eigenvalue weighted by molar-refractivity contribution is 7.80. The number of urea groups is 1. The molecule has 1 atom stereocenters. The first kappa shape index (κ1) is 16.0. The zero-order valence-electron chi connectivity index (χ0n) is 12.3. The number of carbonyl (C=O) groups is 2. The predicted molar refractivity (Wildman–Crippen MR) is 87.7 cm³/mol. The van der Waals surface area contributed by atoms with Gasteiger partial charge in [-0.1, -0.05) is 43.3 Å². The zero-order chi connectivity index (χ0) is 16.2. The fraction of sp³-hybridized carbons (Fsp3) is 0.267. The van der Waals surface area contributed by atoms with Crippen molar-refractivity contribution in [3.8, 4) is 0 Å². The highest BCUT2D eigenvalue weighted by Crippen LogP contribution is 2.31. The summed E-state index contributed by atoms with van der Waals surface area (Å²) in [7, 11) is 0. The van der Waals surface area contributed by atoms with E-state index in [1.54, 1.807) is 6.08 Å². The van der Waals surface area contributed by atoms with Gasteiger partial charge in [0.2, 0.25) is 0 Å². The Balaban J connectivity index is 2.23. The van der Waals surface area contributed by atoms with Crippen LogP contribution in [0.4, 0.5) is 4.79 Å². The lowest BCUT2D eigenvalue weighted by Crippen LogP contribution is -2.51. The number of benzene rings is 1. The summed E-state index contributed by atoms with van der Waals surface area (Å²) in [5.74, 6) is -0.381. The third-order valence-electron chi connectivity index (χ3n) is 3.51. The summed E-state index contributed by atoms with van der Waals surface area (Å²) in [6.45, 7) is 5.85. The number of nitrogens with zero attached hydrogens (tertiary/aromatic N) is 1. The fourth-order valence-corrected chi connectivity index (χ4v) is 2.52. The molecular formula is C15H18N4O2S. The van der Waals surface area contributed by atoms with Gasteiger partial charge in [0.25, 0.3) is 5.91 Å². The molecule has 1 aromatic rings. The molecule has 2 rings (SSSR count). The van der Waals surface area contributed by atoms with Crippen LogP contribution in [-0.2, 0) is 10.3 Å². The van der Waals surface area contributed by atoms with E-state index in [1.807, 2.05) is 37.3 Å². The number of hydrogen-bond donors (Lipinski definition) is 3. The Morgan fingerprint density at radius 2 is 2.09 bits per heavy atom. The summed E-state index contributed by atoms with van der Waals surface area (Å²) < 4.78 is 0. The fourth-order valence-electron chi connectivity index (χ4n) is 2.34. The van der Waals surface area contributed by atoms with Gasteiger partial charge in [0.1, 0.15) is 5.54 Å². The Morgan fingerprint density at radius 1 is 1.41 bits per heavy atom. The van der Waals surface area contributed by atoms with E-state index in [2.05, 4.69) is 22.6 Å². The minimum Gasteiger partial charge on any atom is -0.358 e. The van der Waals surface area contributed by atoms with Crippen molar-refractivity contribution in [2.24, 2.45) is 0 Å². The third-order valence-corrected chi connectivity index (χ3v) is 3.74. The van der Waals surface area contributed by atoms with Crippen molar-refractivity contribution < 1.29 is 9.59 Å². The van der Waals surface area contributed by atoms with E-state index < -0.39 is 11.6 Å². The van der Waals surface area contributed by atoms with Gasteiger partial charge in [0.05, 0.1) is 0 Å². The van der Waals surface area contributed by atoms with Gasteiger partial charge in [-0.2, -0.15) is 5.01 Å². The van der Waals surface area contributed by atoms with Crippen molar-refractivity contribution >= 4 is 29.3 Å². The number of rotatable bonds is 5. The molecule has 6 nitrogen and oxygen atoms in total. The largest absolute Gasteiger partial charge is 0.358 e. The van der Waals surface area contributed by atoms with E-state index in [-0.39, 0.29) is 11.0 Å². The molecule has 0 unspecified atom stereocenters. The van der Waals surface area contributed by atoms with Gasteiger partial charge < -0.3 is 10.6 Å². The monoisotopic (exact) mass is 318 g/mol. The number of hydrazine groups is 1. The minimum atomic E-state index is -1.07. The van der Waals surface area contributed by atoms with Gasteiger partial charge >= 0.3 is 6.03 Å². The lowest BCUT2D eigenvalue weighted by molar-refractivity contribution is -0.133. The number of thiocarbonyl (C=S) groups is 1. The van der Waals surface area contributed by atoms with Crippen LogP contribution >= 0.6 is 12.2 Å². The van der Waals surface area contributed by atoms with Crippen LogP contribution in [0.2, 0.25) is 0 Å². The second kappa shape index (κ2) is 6.57. The SMILES string of the molecule is C=CCNC(=S)NN1C(=O)N[C@](CC)(c2ccccc2)C1=O. The summed E-state index contributed by atoms with van der Waals surface area (Å²) in [5, 5.41) is 6.67. The first-order valence-corrected chi connectivity index (χ1v) is 7.33. The predicted octanol–water partition coefficient (Wildman–Crippen LogP) is 1.41. The van der Waals surface area contributed by atoms with Crippen LogP contribution < -0.4 is 16.1 Å². The minimum absolute atomic E-state index is 0.184. The van der Waals surface area contributed by atoms with Crippen molar-refractivity contribution in [2.45, 2.75) is 18.9 Å². The quantitative estimate of drug-likeness (QED) is 0.435. The third kappa shape index (κ3) is 2.80. The molecule has 7 heteroatoms. The molecule has 0 bridgehead atoms. The van der Waals surface area contributed by atoms with Crippen molar-refractivity contribution in [2.75, 3.05) is 6.54 Å². The van der Waals surface area contributed by atoms with Crippen LogP contribution in [0, 0.1) is 0 Å². The summed E-state index contributed by atoms with van der Waals surface area (Å²) >= 11 is 5.05. The van der Waals surface area contributed by atoms with Gasteiger partial charge in [-0.15, -0.1) is 6.58 Å². The van der Waals surface area contributed by atoms with Gasteiger partial charge in [-0.25, -0.2) is 4.79 Å². The molecule has 0 aliphatic carbocycles. The van der Waals surface area contributed by atoms with Crippen LogP contribution in [0.15, 0.2) is 43.0 Å². The van der Waals surface area contributed by atoms with Crippen LogP contribution in [0.5, 0.6) is 0 Å². The molecule has 0 saturated carbocycles. The molecule has 1 aliphatic heterocycles. The van der Waals surface area contributed by atoms with Crippen LogP contribution in [0.1, 0.15) is 18.9 Å². The van der Waals surface area contributed by atoms with Crippen molar-refractivity contribution in [1.82, 2.24) is 21.1 Å². The van der Waals surface area contributed by atoms with Crippen molar-refractivity contribution in [3.05, 3.63) is 48.6 Å². The first-order valence-electron chi connectivity index (χ1n) is 6.92. The Labute approximate surface area is 134 Å². The topological polar surface area (TPSA) is 73.5 Å². The lowest BCUT2D eigenvalue weighted by Gasteiger charge is -2.25. The lowest BCUT2D eigenvalue weighted by atomic mass is 9.87. The summed E-state index contributed by atoms with van der Waals surface area (Å²) in [6, 6.07) is 8.63. The maximum Gasteiger partial charge on any atom is 0.344 e. The maximum absolute atomic E-state index is 12.8. The highest BCUT2D eigenvalue weighted by atomic mass is 32.1. The smallest absolute Gasteiger partial charge is 0.344 e. The van der Waals surface area contributed by atoms with Crippen LogP contribution in [-0.4, -0.2) is 28.6 Å². The number of imide groups is 1. The highest BCUT2D eigenvalue weighted by Gasteiger charge is 2.51. The average Bonchev–Trinajstić information content (AvgIpc) is 2.79. The van der Waals surface area contributed by atoms with Crippen molar-refractivity contribution in [1.29, 1.82) is 0 Å². The molecule has 3 amide bonds. The Morgan fingerprint density at radius 3 is 2.68 bits per heavy atom. The Bertz CT molecular complexity index is 605. The van der Waals surface area contributed by atoms with E-state index >= 15 is 0 Å². The molecule has 116 valence electrons. The molecule has 1 aliphatic rings. The van der Waals surface area contributed by atoms with Gasteiger partial charge in [0.15, 0.2) is 5.11 Å². The standard InChI is InChI=1S/C15H18N4O2S/c1-3-10-16-13(22)18-19-12(20)15(4-2,17-14(19)21)11-8-6-5-7-9-11/h3,5-9H,1,4,10H2,2H3,(H,17,21)(H2,16,18,22)/t15-/m1/s1. The summed E-state index contributed by atoms with van der Waals surface area (Å²) in [6.07, 6.45) is 2.06. The van der Waals surface area contributed by atoms with Crippen LogP contribution in [0.3, 0.4) is 0 Å². The molecule has 1 aromatic carbocycles. The van der Waals surface area contributed by atoms with Crippen LogP contribution in [0.25, 0.3) is 0 Å². The normalized spacial score (nSPS) is 20.5. The molecule has 1 saturated heterocycles. The molecule has 3 N–H and O–H groups in total. The number of nitrogens with one attached hydrogen (secondary N) is 3. The first-order chi connectivity index (χ1) is 10.5. The number of hydrogen-bond acceptors (Lipinski definition) is 3. The van der Waals surface area contributed by atoms with Gasteiger partial charge in [-0.3, -0.25) is 10.2 Å². The summed E-state index contributed by atoms with van der Waals surface area (Å²) in [5.41, 5.74) is 2.29. The van der Waals surface area contributed by atoms with E-state index in [0.717, 1.165) is 10.6 Å². The van der Waals surface area contributed by atoms with Gasteiger partial charge in [-0.05, 0) is 24.2 Å². The molecule has 1 heterocycles. The van der Waals surface area contributed by atoms with E-state index in [1.165, 1.54) is 0 Å². The van der Waals surface area contributed by atoms with Gasteiger partial charge in [0, 0.05) is 6.54 Å². The molecule has 0 radical (unpaired) electrons. The zero-order valence-corrected chi connectivity index (χ0v) is 13.1. The molecule has 1 fully saturated rings. The Kier molecular flexibility index (Phi) is 4.77. The number of carbonyl (C=O) groups excluding carboxylic acids is 2. The summed E-state index contributed by atoms with van der Waals surface area (Å²) in [4.78, 5) is 24.9. The molecule has 0 aromatic heterocycles. The molecule has 22 heavy (non-hydrogen) atoms. The molecule has 0 spiro atoms. The Hall–Kier alpha value is -2.41. The second-order valence-electron chi connectivity index (χ2n) is 4.81. The average molecular weight is 318 g/mol. The van der Waals surface area contributed by atoms with E-state index in [4.69, 9.17) is 12.2 Å². The second-order valence-corrected chi connectivity index (χ2v) is 5.21. The van der Waals surface area contributed by atoms with E-state index in [0.29, 0.717) is 13.0 Å². The maximum atomic E-state index is 12.8. The van der Waals surface area contributed by atoms with Crippen molar-refractivity contribution in [3.63, 3.8) is 0 Å². The number of amides is 3. The molecular weight excluding hydrogens is 300 g/mol. The van der Waals surface area contributed by atoms with E-state index in [9.17, 15) is 9.59 Å².